The van der Waals surface area contributed by atoms with Crippen molar-refractivity contribution in [1.29, 1.82) is 0 Å². The van der Waals surface area contributed by atoms with E-state index < -0.39 is 7.26 Å². The molecule has 253 valence electrons. The van der Waals surface area contributed by atoms with Crippen LogP contribution in [0, 0.1) is 4.37 Å². The Labute approximate surface area is 314 Å². The Kier molecular flexibility index (Phi) is 12.8. The summed E-state index contributed by atoms with van der Waals surface area (Å²) in [6, 6.07) is 50.5. The molecule has 1 aliphatic heterocycles. The third-order valence-corrected chi connectivity index (χ3v) is 14.4. The normalized spacial score (nSPS) is 15.6. The Morgan fingerprint density at radius 2 is 1.04 bits per heavy atom. The molecule has 0 atom stereocenters. The summed E-state index contributed by atoms with van der Waals surface area (Å²) in [5, 5.41) is 5.14. The van der Waals surface area contributed by atoms with Crippen molar-refractivity contribution in [1.82, 2.24) is 0 Å². The standard InChI is InChI=1S/C48H43OP.Os/c1-4-15-39-23-25-40(26-24-39)27-28-41-29-31-42(32-30-41)33-34-43(35-45-37-49-36-44(45)16-5-2)38(3)50(46-17-9-6-10-18-46,47-19-11-7-12-20-47)48-21-13-8-14-22-48;/h4,6-35H,5,36-37H2,1-2H3;/q+1;/b15-4+,28-27+,34-33+,43-38?,44-16?,45-35?;. The first-order chi connectivity index (χ1) is 25.1. The van der Waals surface area contributed by atoms with Gasteiger partial charge in [0.15, 0.2) is 0 Å². The van der Waals surface area contributed by atoms with Crippen LogP contribution in [-0.4, -0.2) is 13.2 Å². The van der Waals surface area contributed by atoms with Crippen LogP contribution in [0.4, 0.5) is 0 Å². The predicted molar refractivity (Wildman–Crippen MR) is 219 cm³/mol. The van der Waals surface area contributed by atoms with Crippen molar-refractivity contribution in [2.45, 2.75) is 20.3 Å². The summed E-state index contributed by atoms with van der Waals surface area (Å²) in [6.45, 7) is 5.49. The number of ether oxygens (including phenoxy) is 1. The zero-order chi connectivity index (χ0) is 35.3. The molecule has 0 aromatic heterocycles. The smallest absolute Gasteiger partial charge is 0.0544 e. The van der Waals surface area contributed by atoms with Gasteiger partial charge in [-0.15, -0.1) is 0 Å². The summed E-state index contributed by atoms with van der Waals surface area (Å²) in [5.74, 6) is 0. The van der Waals surface area contributed by atoms with Crippen molar-refractivity contribution in [3.63, 3.8) is 0 Å². The number of hydrogen-bond donors (Lipinski definition) is 0. The fourth-order valence-corrected chi connectivity index (χ4v) is 12.3. The summed E-state index contributed by atoms with van der Waals surface area (Å²) >= 11 is 1.82. The van der Waals surface area contributed by atoms with E-state index in [4.69, 9.17) is 4.74 Å². The molecule has 5 aromatic carbocycles. The molecule has 6 rings (SSSR count). The van der Waals surface area contributed by atoms with Crippen LogP contribution >= 0.6 is 7.26 Å². The second kappa shape index (κ2) is 18.0. The van der Waals surface area contributed by atoms with Crippen molar-refractivity contribution in [2.75, 3.05) is 13.2 Å². The van der Waals surface area contributed by atoms with E-state index in [1.54, 1.807) is 0 Å². The van der Waals surface area contributed by atoms with E-state index in [2.05, 4.69) is 199 Å². The van der Waals surface area contributed by atoms with Gasteiger partial charge in [-0.05, 0) is 12.5 Å². The third-order valence-electron chi connectivity index (χ3n) is 8.99. The van der Waals surface area contributed by atoms with Gasteiger partial charge in [0.2, 0.25) is 0 Å². The Morgan fingerprint density at radius 1 is 0.608 bits per heavy atom. The summed E-state index contributed by atoms with van der Waals surface area (Å²) in [5.41, 5.74) is 8.38. The minimum Gasteiger partial charge on any atom is -0.0544 e. The quantitative estimate of drug-likeness (QED) is 0.0731. The monoisotopic (exact) mass is 858 g/mol. The average molecular weight is 857 g/mol. The van der Waals surface area contributed by atoms with E-state index in [1.807, 2.05) is 24.9 Å². The van der Waals surface area contributed by atoms with Gasteiger partial charge < -0.3 is 0 Å². The molecule has 0 amide bonds. The molecule has 1 fully saturated rings. The molecule has 0 unspecified atom stereocenters. The van der Waals surface area contributed by atoms with Gasteiger partial charge in [0.25, 0.3) is 0 Å². The van der Waals surface area contributed by atoms with Crippen molar-refractivity contribution in [2.24, 2.45) is 0 Å². The molecule has 0 radical (unpaired) electrons. The van der Waals surface area contributed by atoms with Crippen molar-refractivity contribution in [3.05, 3.63) is 208 Å². The SMILES string of the molecule is C/C=C/c1ccc(/C=C/c2ccc(/C=C/C(C=C3COCC3=CCC)=C([C]#[Os])[P+](c3ccccc3)(c3ccccc3)c3ccccc3)cc2)cc1. The van der Waals surface area contributed by atoms with Gasteiger partial charge in [-0.3, -0.25) is 0 Å². The molecule has 0 bridgehead atoms. The van der Waals surface area contributed by atoms with Gasteiger partial charge in [-0.1, -0.05) is 36.4 Å². The molecule has 1 aliphatic rings. The van der Waals surface area contributed by atoms with Crippen LogP contribution in [0.25, 0.3) is 24.3 Å². The van der Waals surface area contributed by atoms with Crippen LogP contribution in [0.15, 0.2) is 186 Å². The Balaban J connectivity index is 1.49. The number of rotatable bonds is 11. The first-order valence-electron chi connectivity index (χ1n) is 17.5. The number of allylic oxidation sites excluding steroid dienone is 6. The van der Waals surface area contributed by atoms with Gasteiger partial charge in [-0.2, -0.15) is 0 Å². The van der Waals surface area contributed by atoms with Crippen LogP contribution in [-0.2, 0) is 22.7 Å². The van der Waals surface area contributed by atoms with E-state index in [-0.39, 0.29) is 0 Å². The van der Waals surface area contributed by atoms with E-state index in [9.17, 15) is 0 Å². The molecule has 0 saturated carbocycles. The number of benzene rings is 5. The first-order valence-corrected chi connectivity index (χ1v) is 20.5. The Bertz CT molecular complexity index is 2030. The zero-order valence-electron chi connectivity index (χ0n) is 29.2. The maximum atomic E-state index is 6.02. The maximum absolute atomic E-state index is 6.02. The molecule has 0 spiro atoms. The molecule has 1 heterocycles. The average Bonchev–Trinajstić information content (AvgIpc) is 3.63. The minimum absolute atomic E-state index is 0.606. The fourth-order valence-electron chi connectivity index (χ4n) is 6.51. The van der Waals surface area contributed by atoms with Gasteiger partial charge in [0.05, 0.1) is 0 Å². The van der Waals surface area contributed by atoms with Gasteiger partial charge in [0.1, 0.15) is 0 Å². The third kappa shape index (κ3) is 8.63. The van der Waals surface area contributed by atoms with E-state index in [0.29, 0.717) is 13.2 Å². The van der Waals surface area contributed by atoms with Gasteiger partial charge >= 0.3 is 267 Å². The van der Waals surface area contributed by atoms with Crippen LogP contribution in [0.2, 0.25) is 0 Å². The predicted octanol–water partition coefficient (Wildman–Crippen LogP) is 11.0. The second-order valence-corrected chi connectivity index (χ2v) is 16.3. The second-order valence-electron chi connectivity index (χ2n) is 12.4. The van der Waals surface area contributed by atoms with Crippen LogP contribution in [0.1, 0.15) is 42.5 Å². The van der Waals surface area contributed by atoms with Gasteiger partial charge in [0, 0.05) is 0 Å². The molecule has 0 N–H and O–H groups in total. The van der Waals surface area contributed by atoms with Crippen molar-refractivity contribution < 1.29 is 22.7 Å². The Morgan fingerprint density at radius 3 is 1.47 bits per heavy atom. The summed E-state index contributed by atoms with van der Waals surface area (Å²) in [4.78, 5) is 0. The molecule has 51 heavy (non-hydrogen) atoms. The molecular formula is C48H43OOsP+. The summed E-state index contributed by atoms with van der Waals surface area (Å²) < 4.78 is 9.86. The zero-order valence-corrected chi connectivity index (χ0v) is 32.7. The van der Waals surface area contributed by atoms with E-state index >= 15 is 0 Å². The van der Waals surface area contributed by atoms with Crippen molar-refractivity contribution in [3.8, 4) is 4.37 Å². The molecule has 0 aliphatic carbocycles. The molecule has 5 aromatic rings. The van der Waals surface area contributed by atoms with Crippen LogP contribution in [0.5, 0.6) is 0 Å². The fraction of sp³-hybridized carbons (Fsp3) is 0.104. The van der Waals surface area contributed by atoms with Crippen LogP contribution in [0.3, 0.4) is 0 Å². The van der Waals surface area contributed by atoms with Gasteiger partial charge in [-0.25, -0.2) is 0 Å². The Hall–Kier alpha value is -4.65. The van der Waals surface area contributed by atoms with E-state index in [1.165, 1.54) is 49.1 Å². The van der Waals surface area contributed by atoms with Crippen molar-refractivity contribution >= 4 is 47.5 Å². The largest absolute Gasteiger partial charge is 0.0544 e. The van der Waals surface area contributed by atoms with E-state index in [0.717, 1.165) is 17.6 Å². The minimum atomic E-state index is -2.38. The maximum Gasteiger partial charge on any atom is -0.0544 e. The summed E-state index contributed by atoms with van der Waals surface area (Å²) in [6.07, 6.45) is 18.7. The van der Waals surface area contributed by atoms with Crippen LogP contribution < -0.4 is 15.9 Å². The molecule has 1 nitrogen and oxygen atoms in total. The molecule has 3 heteroatoms. The number of hydrogen-bond acceptors (Lipinski definition) is 1. The molecule has 1 saturated heterocycles. The topological polar surface area (TPSA) is 9.23 Å². The molecular weight excluding hydrogens is 814 g/mol. The first kappa shape index (κ1) is 36.1. The summed E-state index contributed by atoms with van der Waals surface area (Å²) in [7, 11) is -2.38.